The largest absolute Gasteiger partial charge is 0.348 e. The van der Waals surface area contributed by atoms with E-state index < -0.39 is 17.2 Å². The van der Waals surface area contributed by atoms with Gasteiger partial charge < -0.3 is 11.1 Å². The van der Waals surface area contributed by atoms with Gasteiger partial charge in [0.15, 0.2) is 0 Å². The molecular formula is C13H21N3O4S. The first kappa shape index (κ1) is 17.6. The summed E-state index contributed by atoms with van der Waals surface area (Å²) >= 11 is 1.21. The summed E-state index contributed by atoms with van der Waals surface area (Å²) in [6.45, 7) is 3.64. The van der Waals surface area contributed by atoms with Crippen LogP contribution in [0.4, 0.5) is 0 Å². The highest BCUT2D eigenvalue weighted by molar-refractivity contribution is 8.00. The van der Waals surface area contributed by atoms with E-state index in [1.807, 2.05) is 6.92 Å². The number of Topliss-reactive ketones (excluding diaryl/α,β-unsaturated/α-hetero) is 1. The molecule has 118 valence electrons. The minimum absolute atomic E-state index is 0.0533. The van der Waals surface area contributed by atoms with Gasteiger partial charge in [-0.1, -0.05) is 6.92 Å². The van der Waals surface area contributed by atoms with Crippen LogP contribution in [-0.4, -0.2) is 58.5 Å². The van der Waals surface area contributed by atoms with Crippen LogP contribution in [0.3, 0.4) is 0 Å². The number of amides is 3. The van der Waals surface area contributed by atoms with Gasteiger partial charge in [0.1, 0.15) is 5.78 Å². The zero-order chi connectivity index (χ0) is 16.0. The summed E-state index contributed by atoms with van der Waals surface area (Å²) in [6.07, 6.45) is 0.882. The van der Waals surface area contributed by atoms with Gasteiger partial charge in [0, 0.05) is 18.7 Å². The highest BCUT2D eigenvalue weighted by Crippen LogP contribution is 2.25. The molecule has 1 heterocycles. The molecule has 0 radical (unpaired) electrons. The number of rotatable bonds is 8. The molecule has 21 heavy (non-hydrogen) atoms. The molecule has 1 rings (SSSR count). The van der Waals surface area contributed by atoms with Crippen molar-refractivity contribution in [3.63, 3.8) is 0 Å². The van der Waals surface area contributed by atoms with Crippen LogP contribution in [0.1, 0.15) is 26.7 Å². The zero-order valence-electron chi connectivity index (χ0n) is 12.3. The molecule has 1 fully saturated rings. The standard InChI is InChI=1S/C13H21N3O4S/c1-3-4-16-11(18)5-10(13(16)20)21-7-9(14)12(19)15-6-8(2)17/h9-10H,3-7,14H2,1-2H3,(H,15,19). The van der Waals surface area contributed by atoms with E-state index in [1.54, 1.807) is 0 Å². The number of hydrogen-bond acceptors (Lipinski definition) is 6. The monoisotopic (exact) mass is 315 g/mol. The second-order valence-corrected chi connectivity index (χ2v) is 6.17. The summed E-state index contributed by atoms with van der Waals surface area (Å²) in [6, 6.07) is -0.808. The van der Waals surface area contributed by atoms with Gasteiger partial charge in [0.05, 0.1) is 17.8 Å². The number of nitrogens with zero attached hydrogens (tertiary/aromatic N) is 1. The van der Waals surface area contributed by atoms with Crippen molar-refractivity contribution in [1.29, 1.82) is 0 Å². The summed E-state index contributed by atoms with van der Waals surface area (Å²) in [5.41, 5.74) is 5.70. The Hall–Kier alpha value is -1.41. The second kappa shape index (κ2) is 8.14. The van der Waals surface area contributed by atoms with E-state index in [0.29, 0.717) is 6.54 Å². The van der Waals surface area contributed by atoms with E-state index in [2.05, 4.69) is 5.32 Å². The maximum absolute atomic E-state index is 12.0. The minimum Gasteiger partial charge on any atom is -0.348 e. The lowest BCUT2D eigenvalue weighted by atomic mass is 10.3. The number of carbonyl (C=O) groups is 4. The molecule has 1 saturated heterocycles. The topological polar surface area (TPSA) is 110 Å². The van der Waals surface area contributed by atoms with Gasteiger partial charge in [-0.3, -0.25) is 24.1 Å². The highest BCUT2D eigenvalue weighted by atomic mass is 32.2. The Morgan fingerprint density at radius 2 is 2.14 bits per heavy atom. The van der Waals surface area contributed by atoms with E-state index in [4.69, 9.17) is 5.73 Å². The lowest BCUT2D eigenvalue weighted by molar-refractivity contribution is -0.138. The van der Waals surface area contributed by atoms with E-state index in [1.165, 1.54) is 23.6 Å². The van der Waals surface area contributed by atoms with Crippen LogP contribution >= 0.6 is 11.8 Å². The van der Waals surface area contributed by atoms with Gasteiger partial charge >= 0.3 is 0 Å². The highest BCUT2D eigenvalue weighted by Gasteiger charge is 2.38. The predicted molar refractivity (Wildman–Crippen MR) is 79.5 cm³/mol. The number of nitrogens with one attached hydrogen (secondary N) is 1. The SMILES string of the molecule is CCCN1C(=O)CC(SCC(N)C(=O)NCC(C)=O)C1=O. The summed E-state index contributed by atoms with van der Waals surface area (Å²) in [5, 5.41) is 1.95. The van der Waals surface area contributed by atoms with Crippen LogP contribution in [0.25, 0.3) is 0 Å². The number of thioether (sulfide) groups is 1. The third kappa shape index (κ3) is 5.13. The number of carbonyl (C=O) groups excluding carboxylic acids is 4. The van der Waals surface area contributed by atoms with Crippen molar-refractivity contribution in [1.82, 2.24) is 10.2 Å². The number of nitrogens with two attached hydrogens (primary N) is 1. The average Bonchev–Trinajstić information content (AvgIpc) is 2.70. The lowest BCUT2D eigenvalue weighted by Crippen LogP contribution is -2.44. The van der Waals surface area contributed by atoms with Crippen LogP contribution in [0.5, 0.6) is 0 Å². The zero-order valence-corrected chi connectivity index (χ0v) is 13.1. The molecule has 0 spiro atoms. The maximum Gasteiger partial charge on any atom is 0.242 e. The molecule has 0 saturated carbocycles. The van der Waals surface area contributed by atoms with E-state index in [9.17, 15) is 19.2 Å². The van der Waals surface area contributed by atoms with Gasteiger partial charge in [-0.15, -0.1) is 11.8 Å². The van der Waals surface area contributed by atoms with Crippen molar-refractivity contribution in [2.24, 2.45) is 5.73 Å². The molecule has 0 aliphatic carbocycles. The molecule has 0 aromatic carbocycles. The van der Waals surface area contributed by atoms with Gasteiger partial charge in [0.25, 0.3) is 0 Å². The van der Waals surface area contributed by atoms with Crippen molar-refractivity contribution in [2.45, 2.75) is 38.0 Å². The Balaban J connectivity index is 2.41. The Morgan fingerprint density at radius 3 is 2.71 bits per heavy atom. The first-order valence-electron chi connectivity index (χ1n) is 6.85. The predicted octanol–water partition coefficient (Wildman–Crippen LogP) is -0.710. The van der Waals surface area contributed by atoms with Crippen molar-refractivity contribution in [3.8, 4) is 0 Å². The Bertz CT molecular complexity index is 441. The fourth-order valence-electron chi connectivity index (χ4n) is 1.88. The Morgan fingerprint density at radius 1 is 1.48 bits per heavy atom. The third-order valence-corrected chi connectivity index (χ3v) is 4.30. The van der Waals surface area contributed by atoms with Crippen molar-refractivity contribution in [2.75, 3.05) is 18.8 Å². The fourth-order valence-corrected chi connectivity index (χ4v) is 3.00. The van der Waals surface area contributed by atoms with Gasteiger partial charge in [0.2, 0.25) is 17.7 Å². The Labute approximate surface area is 128 Å². The van der Waals surface area contributed by atoms with Crippen LogP contribution in [0, 0.1) is 0 Å². The van der Waals surface area contributed by atoms with Crippen LogP contribution < -0.4 is 11.1 Å². The molecule has 3 N–H and O–H groups in total. The van der Waals surface area contributed by atoms with Crippen molar-refractivity contribution in [3.05, 3.63) is 0 Å². The number of imide groups is 1. The molecular weight excluding hydrogens is 294 g/mol. The number of hydrogen-bond donors (Lipinski definition) is 2. The van der Waals surface area contributed by atoms with E-state index in [-0.39, 0.29) is 36.3 Å². The fraction of sp³-hybridized carbons (Fsp3) is 0.692. The molecule has 0 bridgehead atoms. The van der Waals surface area contributed by atoms with E-state index >= 15 is 0 Å². The summed E-state index contributed by atoms with van der Waals surface area (Å²) < 4.78 is 0. The Kier molecular flexibility index (Phi) is 6.83. The van der Waals surface area contributed by atoms with Crippen LogP contribution in [-0.2, 0) is 19.2 Å². The molecule has 2 atom stereocenters. The molecule has 8 heteroatoms. The molecule has 2 unspecified atom stereocenters. The molecule has 0 aromatic rings. The summed E-state index contributed by atoms with van der Waals surface area (Å²) in [7, 11) is 0. The minimum atomic E-state index is -0.808. The first-order chi connectivity index (χ1) is 9.86. The van der Waals surface area contributed by atoms with Crippen LogP contribution in [0.2, 0.25) is 0 Å². The summed E-state index contributed by atoms with van der Waals surface area (Å²) in [5.74, 6) is -0.736. The smallest absolute Gasteiger partial charge is 0.242 e. The van der Waals surface area contributed by atoms with Crippen LogP contribution in [0.15, 0.2) is 0 Å². The number of likely N-dealkylation sites (tertiary alicyclic amines) is 1. The summed E-state index contributed by atoms with van der Waals surface area (Å²) in [4.78, 5) is 47.3. The molecule has 0 aromatic heterocycles. The van der Waals surface area contributed by atoms with Crippen molar-refractivity contribution < 1.29 is 19.2 Å². The molecule has 1 aliphatic rings. The number of ketones is 1. The average molecular weight is 315 g/mol. The quantitative estimate of drug-likeness (QED) is 0.573. The maximum atomic E-state index is 12.0. The molecule has 3 amide bonds. The molecule has 1 aliphatic heterocycles. The van der Waals surface area contributed by atoms with Gasteiger partial charge in [-0.25, -0.2) is 0 Å². The van der Waals surface area contributed by atoms with Crippen molar-refractivity contribution >= 4 is 35.3 Å². The third-order valence-electron chi connectivity index (χ3n) is 2.98. The molecule has 7 nitrogen and oxygen atoms in total. The van der Waals surface area contributed by atoms with Gasteiger partial charge in [-0.05, 0) is 13.3 Å². The lowest BCUT2D eigenvalue weighted by Gasteiger charge is -2.15. The van der Waals surface area contributed by atoms with E-state index in [0.717, 1.165) is 6.42 Å². The second-order valence-electron chi connectivity index (χ2n) is 4.94. The normalized spacial score (nSPS) is 19.8. The first-order valence-corrected chi connectivity index (χ1v) is 7.90. The van der Waals surface area contributed by atoms with Gasteiger partial charge in [-0.2, -0.15) is 0 Å².